The molecule has 0 bridgehead atoms. The molecule has 0 radical (unpaired) electrons. The Labute approximate surface area is 239 Å². The van der Waals surface area contributed by atoms with Crippen molar-refractivity contribution in [3.05, 3.63) is 93.5 Å². The van der Waals surface area contributed by atoms with Crippen LogP contribution in [0.1, 0.15) is 42.6 Å². The molecule has 2 heterocycles. The predicted octanol–water partition coefficient (Wildman–Crippen LogP) is 5.05. The molecule has 0 spiro atoms. The Hall–Kier alpha value is -2.81. The molecule has 0 aliphatic carbocycles. The van der Waals surface area contributed by atoms with Crippen molar-refractivity contribution in [3.63, 3.8) is 0 Å². The first-order valence-electron chi connectivity index (χ1n) is 13.4. The smallest absolute Gasteiger partial charge is 0.262 e. The number of amides is 1. The molecule has 39 heavy (non-hydrogen) atoms. The minimum absolute atomic E-state index is 0.0514. The average molecular weight is 570 g/mol. The quantitative estimate of drug-likeness (QED) is 0.353. The van der Waals surface area contributed by atoms with E-state index < -0.39 is 5.66 Å². The molecular formula is C30H34Cl2N4O3. The molecular weight excluding hydrogens is 535 g/mol. The maximum absolute atomic E-state index is 14.6. The minimum atomic E-state index is -1.26. The van der Waals surface area contributed by atoms with E-state index in [1.807, 2.05) is 85.5 Å². The number of carbonyl (C=O) groups excluding carboxylic acids is 1. The first-order valence-corrected chi connectivity index (χ1v) is 14.2. The van der Waals surface area contributed by atoms with Gasteiger partial charge in [0, 0.05) is 47.9 Å². The number of benzene rings is 3. The largest absolute Gasteiger partial charge is 0.494 e. The highest BCUT2D eigenvalue weighted by Gasteiger charge is 2.54. The highest BCUT2D eigenvalue weighted by Crippen LogP contribution is 2.45. The molecule has 2 atom stereocenters. The number of piperazine rings is 1. The zero-order chi connectivity index (χ0) is 27.4. The molecule has 5 rings (SSSR count). The Morgan fingerprint density at radius 2 is 1.38 bits per heavy atom. The van der Waals surface area contributed by atoms with Crippen molar-refractivity contribution >= 4 is 29.1 Å². The Bertz CT molecular complexity index is 1230. The molecule has 3 aromatic carbocycles. The van der Waals surface area contributed by atoms with E-state index in [4.69, 9.17) is 32.7 Å². The van der Waals surface area contributed by atoms with Gasteiger partial charge in [-0.2, -0.15) is 0 Å². The van der Waals surface area contributed by atoms with Crippen molar-refractivity contribution < 1.29 is 14.3 Å². The summed E-state index contributed by atoms with van der Waals surface area (Å²) >= 11 is 12.5. The van der Waals surface area contributed by atoms with E-state index in [0.29, 0.717) is 53.4 Å². The Morgan fingerprint density at radius 1 is 0.846 bits per heavy atom. The first kappa shape index (κ1) is 27.7. The van der Waals surface area contributed by atoms with E-state index in [2.05, 4.69) is 16.0 Å². The standard InChI is InChI=1S/C30H34Cl2N4O3/c1-3-38-24-13-14-25(26(19-24)39-4-2)30(29(37)36-17-15-33-16-18-36)34-27(20-5-9-22(31)10-6-20)28(35-30)21-7-11-23(32)12-8-21/h5-14,19,27-28,33-35H,3-4,15-18H2,1-2H3. The summed E-state index contributed by atoms with van der Waals surface area (Å²) in [6.45, 7) is 7.56. The molecule has 2 saturated heterocycles. The third kappa shape index (κ3) is 5.74. The minimum Gasteiger partial charge on any atom is -0.494 e. The molecule has 2 aliphatic heterocycles. The fraction of sp³-hybridized carbons (Fsp3) is 0.367. The highest BCUT2D eigenvalue weighted by molar-refractivity contribution is 6.30. The molecule has 206 valence electrons. The van der Waals surface area contributed by atoms with Crippen LogP contribution in [0.25, 0.3) is 0 Å². The third-order valence-electron chi connectivity index (χ3n) is 7.23. The van der Waals surface area contributed by atoms with Gasteiger partial charge in [-0.05, 0) is 61.4 Å². The monoisotopic (exact) mass is 568 g/mol. The maximum Gasteiger partial charge on any atom is 0.262 e. The molecule has 0 saturated carbocycles. The first-order chi connectivity index (χ1) is 18.9. The van der Waals surface area contributed by atoms with Gasteiger partial charge in [0.2, 0.25) is 0 Å². The van der Waals surface area contributed by atoms with Gasteiger partial charge in [-0.15, -0.1) is 0 Å². The van der Waals surface area contributed by atoms with Crippen LogP contribution in [0.2, 0.25) is 10.0 Å². The van der Waals surface area contributed by atoms with Crippen LogP contribution < -0.4 is 25.4 Å². The summed E-state index contributed by atoms with van der Waals surface area (Å²) in [5, 5.41) is 12.1. The van der Waals surface area contributed by atoms with Crippen LogP contribution >= 0.6 is 23.2 Å². The van der Waals surface area contributed by atoms with Crippen molar-refractivity contribution in [1.82, 2.24) is 20.9 Å². The molecule has 9 heteroatoms. The molecule has 3 N–H and O–H groups in total. The molecule has 0 aromatic heterocycles. The van der Waals surface area contributed by atoms with Crippen molar-refractivity contribution in [2.75, 3.05) is 39.4 Å². The van der Waals surface area contributed by atoms with Crippen LogP contribution in [-0.2, 0) is 10.5 Å². The Morgan fingerprint density at radius 3 is 1.90 bits per heavy atom. The molecule has 2 fully saturated rings. The van der Waals surface area contributed by atoms with E-state index in [0.717, 1.165) is 24.2 Å². The van der Waals surface area contributed by atoms with Crippen molar-refractivity contribution in [2.45, 2.75) is 31.6 Å². The lowest BCUT2D eigenvalue weighted by molar-refractivity contribution is -0.140. The summed E-state index contributed by atoms with van der Waals surface area (Å²) in [4.78, 5) is 16.5. The summed E-state index contributed by atoms with van der Waals surface area (Å²) in [7, 11) is 0. The zero-order valence-corrected chi connectivity index (χ0v) is 23.7. The van der Waals surface area contributed by atoms with Crippen LogP contribution in [-0.4, -0.2) is 50.2 Å². The van der Waals surface area contributed by atoms with Gasteiger partial charge in [0.15, 0.2) is 5.66 Å². The van der Waals surface area contributed by atoms with Gasteiger partial charge >= 0.3 is 0 Å². The number of ether oxygens (including phenoxy) is 2. The third-order valence-corrected chi connectivity index (χ3v) is 7.73. The van der Waals surface area contributed by atoms with Crippen molar-refractivity contribution in [2.24, 2.45) is 0 Å². The number of hydrogen-bond donors (Lipinski definition) is 3. The van der Waals surface area contributed by atoms with Gasteiger partial charge < -0.3 is 19.7 Å². The summed E-state index contributed by atoms with van der Waals surface area (Å²) in [5.41, 5.74) is 1.46. The number of carbonyl (C=O) groups is 1. The average Bonchev–Trinajstić information content (AvgIpc) is 3.36. The number of nitrogens with one attached hydrogen (secondary N) is 3. The second-order valence-electron chi connectivity index (χ2n) is 9.66. The topological polar surface area (TPSA) is 74.9 Å². The van der Waals surface area contributed by atoms with Gasteiger partial charge in [0.25, 0.3) is 5.91 Å². The lowest BCUT2D eigenvalue weighted by atomic mass is 9.95. The fourth-order valence-corrected chi connectivity index (χ4v) is 5.66. The number of rotatable bonds is 8. The van der Waals surface area contributed by atoms with Gasteiger partial charge in [0.1, 0.15) is 11.5 Å². The van der Waals surface area contributed by atoms with Gasteiger partial charge in [-0.3, -0.25) is 15.4 Å². The Balaban J connectivity index is 1.67. The molecule has 2 aliphatic rings. The van der Waals surface area contributed by atoms with Crippen LogP contribution in [0.3, 0.4) is 0 Å². The lowest BCUT2D eigenvalue weighted by Crippen LogP contribution is -2.61. The normalized spacial score (nSPS) is 23.0. The second kappa shape index (κ2) is 12.1. The van der Waals surface area contributed by atoms with Gasteiger partial charge in [-0.25, -0.2) is 0 Å². The number of halogens is 2. The SMILES string of the molecule is CCOc1ccc(C2(C(=O)N3CCNCC3)NC(c3ccc(Cl)cc3)C(c3ccc(Cl)cc3)N2)c(OCC)c1. The van der Waals surface area contributed by atoms with Crippen LogP contribution in [0.15, 0.2) is 66.7 Å². The number of hydrogen-bond acceptors (Lipinski definition) is 6. The van der Waals surface area contributed by atoms with E-state index in [1.165, 1.54) is 0 Å². The summed E-state index contributed by atoms with van der Waals surface area (Å²) in [6.07, 6.45) is 0. The lowest BCUT2D eigenvalue weighted by Gasteiger charge is -2.38. The predicted molar refractivity (Wildman–Crippen MR) is 155 cm³/mol. The second-order valence-corrected chi connectivity index (χ2v) is 10.5. The molecule has 7 nitrogen and oxygen atoms in total. The summed E-state index contributed by atoms with van der Waals surface area (Å²) < 4.78 is 11.9. The van der Waals surface area contributed by atoms with Crippen molar-refractivity contribution in [3.8, 4) is 11.5 Å². The summed E-state index contributed by atoms with van der Waals surface area (Å²) in [5.74, 6) is 1.24. The van der Waals surface area contributed by atoms with Gasteiger partial charge in [-0.1, -0.05) is 47.5 Å². The van der Waals surface area contributed by atoms with Crippen LogP contribution in [0, 0.1) is 0 Å². The van der Waals surface area contributed by atoms with E-state index in [-0.39, 0.29) is 18.0 Å². The molecule has 3 aromatic rings. The Kier molecular flexibility index (Phi) is 8.64. The number of nitrogens with zero attached hydrogens (tertiary/aromatic N) is 1. The van der Waals surface area contributed by atoms with Crippen LogP contribution in [0.5, 0.6) is 11.5 Å². The van der Waals surface area contributed by atoms with Crippen LogP contribution in [0.4, 0.5) is 0 Å². The summed E-state index contributed by atoms with van der Waals surface area (Å²) in [6, 6.07) is 20.7. The fourth-order valence-electron chi connectivity index (χ4n) is 5.41. The zero-order valence-electron chi connectivity index (χ0n) is 22.2. The van der Waals surface area contributed by atoms with Gasteiger partial charge in [0.05, 0.1) is 25.3 Å². The molecule has 1 amide bonds. The van der Waals surface area contributed by atoms with Crippen molar-refractivity contribution in [1.29, 1.82) is 0 Å². The highest BCUT2D eigenvalue weighted by atomic mass is 35.5. The van der Waals surface area contributed by atoms with E-state index in [1.54, 1.807) is 0 Å². The van der Waals surface area contributed by atoms with E-state index in [9.17, 15) is 4.79 Å². The van der Waals surface area contributed by atoms with E-state index >= 15 is 0 Å². The maximum atomic E-state index is 14.6. The molecule has 2 unspecified atom stereocenters.